The molecule has 2 bridgehead atoms. The van der Waals surface area contributed by atoms with Gasteiger partial charge in [0.25, 0.3) is 0 Å². The van der Waals surface area contributed by atoms with Crippen molar-refractivity contribution in [3.05, 3.63) is 35.4 Å². The maximum absolute atomic E-state index is 4.62. The van der Waals surface area contributed by atoms with E-state index in [0.29, 0.717) is 12.1 Å². The molecule has 122 valence electrons. The van der Waals surface area contributed by atoms with Gasteiger partial charge in [0.05, 0.1) is 17.5 Å². The zero-order valence-electron chi connectivity index (χ0n) is 13.7. The lowest BCUT2D eigenvalue weighted by atomic mass is 9.87. The zero-order valence-corrected chi connectivity index (χ0v) is 14.5. The van der Waals surface area contributed by atoms with Crippen LogP contribution in [0.2, 0.25) is 0 Å². The summed E-state index contributed by atoms with van der Waals surface area (Å²) >= 11 is 1.68. The Morgan fingerprint density at radius 2 is 1.96 bits per heavy atom. The minimum atomic E-state index is 0.498. The molecule has 0 N–H and O–H groups in total. The van der Waals surface area contributed by atoms with E-state index >= 15 is 0 Å². The molecule has 0 saturated carbocycles. The van der Waals surface area contributed by atoms with Gasteiger partial charge in [0, 0.05) is 24.8 Å². The molecule has 24 heavy (non-hydrogen) atoms. The number of nitrogens with zero attached hydrogens (tertiary/aromatic N) is 6. The van der Waals surface area contributed by atoms with Crippen LogP contribution in [0, 0.1) is 13.8 Å². The molecular formula is C17H18N6S. The molecule has 3 saturated heterocycles. The zero-order chi connectivity index (χ0) is 16.3. The van der Waals surface area contributed by atoms with Crippen molar-refractivity contribution in [3.8, 4) is 0 Å². The molecule has 7 heteroatoms. The number of piperazine rings is 1. The summed E-state index contributed by atoms with van der Waals surface area (Å²) in [7, 11) is 0. The summed E-state index contributed by atoms with van der Waals surface area (Å²) in [6, 6.07) is 5.22. The highest BCUT2D eigenvalue weighted by atomic mass is 32.1. The van der Waals surface area contributed by atoms with Gasteiger partial charge in [-0.1, -0.05) is 0 Å². The fourth-order valence-electron chi connectivity index (χ4n) is 3.98. The molecule has 2 atom stereocenters. The van der Waals surface area contributed by atoms with E-state index in [1.54, 1.807) is 17.7 Å². The third kappa shape index (κ3) is 2.07. The summed E-state index contributed by atoms with van der Waals surface area (Å²) in [5, 5.41) is 3.27. The van der Waals surface area contributed by atoms with Crippen molar-refractivity contribution in [3.63, 3.8) is 0 Å². The lowest BCUT2D eigenvalue weighted by Crippen LogP contribution is -2.69. The summed E-state index contributed by atoms with van der Waals surface area (Å²) in [6.45, 7) is 5.97. The van der Waals surface area contributed by atoms with Crippen LogP contribution in [0.5, 0.6) is 0 Å². The Labute approximate surface area is 144 Å². The average Bonchev–Trinajstić information content (AvgIpc) is 3.03. The summed E-state index contributed by atoms with van der Waals surface area (Å²) in [4.78, 5) is 23.9. The number of rotatable bonds is 2. The molecule has 6 nitrogen and oxygen atoms in total. The molecule has 0 amide bonds. The van der Waals surface area contributed by atoms with Crippen LogP contribution < -0.4 is 9.80 Å². The maximum atomic E-state index is 4.62. The second kappa shape index (κ2) is 5.11. The minimum Gasteiger partial charge on any atom is -0.352 e. The third-order valence-electron chi connectivity index (χ3n) is 4.95. The maximum Gasteiger partial charge on any atom is 0.141 e. The van der Waals surface area contributed by atoms with Crippen LogP contribution in [0.1, 0.15) is 17.9 Å². The number of fused-ring (bicyclic) bond motifs is 3. The number of aromatic nitrogens is 4. The summed E-state index contributed by atoms with van der Waals surface area (Å²) in [6.07, 6.45) is 2.92. The van der Waals surface area contributed by atoms with Gasteiger partial charge in [-0.05, 0) is 31.7 Å². The number of anilines is 2. The Balaban J connectivity index is 1.44. The molecule has 6 rings (SSSR count). The fraction of sp³-hybridized carbons (Fsp3) is 0.412. The Bertz CT molecular complexity index is 890. The molecule has 2 unspecified atom stereocenters. The number of thiophene rings is 1. The topological polar surface area (TPSA) is 58.0 Å². The average molecular weight is 338 g/mol. The van der Waals surface area contributed by atoms with Gasteiger partial charge >= 0.3 is 0 Å². The molecule has 3 aliphatic rings. The van der Waals surface area contributed by atoms with Crippen molar-refractivity contribution < 1.29 is 0 Å². The number of aryl methyl sites for hydroxylation is 2. The third-order valence-corrected chi connectivity index (χ3v) is 5.78. The predicted octanol–water partition coefficient (Wildman–Crippen LogP) is 2.57. The van der Waals surface area contributed by atoms with Gasteiger partial charge < -0.3 is 9.80 Å². The van der Waals surface area contributed by atoms with Crippen LogP contribution in [0.3, 0.4) is 0 Å². The Kier molecular flexibility index (Phi) is 3.00. The minimum absolute atomic E-state index is 0.498. The highest BCUT2D eigenvalue weighted by molar-refractivity contribution is 7.16. The first-order valence-electron chi connectivity index (χ1n) is 8.23. The van der Waals surface area contributed by atoms with Crippen LogP contribution in [0.25, 0.3) is 10.2 Å². The molecule has 3 aromatic heterocycles. The first-order valence-corrected chi connectivity index (χ1v) is 9.11. The molecule has 3 aromatic rings. The molecule has 6 heterocycles. The van der Waals surface area contributed by atoms with Gasteiger partial charge in [0.1, 0.15) is 28.6 Å². The number of hydrogen-bond donors (Lipinski definition) is 0. The summed E-state index contributed by atoms with van der Waals surface area (Å²) < 4.78 is 0. The van der Waals surface area contributed by atoms with E-state index < -0.39 is 0 Å². The van der Waals surface area contributed by atoms with Crippen molar-refractivity contribution >= 4 is 33.2 Å². The standard InChI is InChI=1S/C17H18N6S/c1-10-5-15(21-11(2)20-10)22-7-12-6-13(8-22)23(12)16-14-3-4-24-17(14)19-9-18-16/h3-5,9,12-13H,6-8H2,1-2H3. The molecule has 0 radical (unpaired) electrons. The smallest absolute Gasteiger partial charge is 0.141 e. The Morgan fingerprint density at radius 1 is 1.12 bits per heavy atom. The summed E-state index contributed by atoms with van der Waals surface area (Å²) in [5.74, 6) is 2.99. The van der Waals surface area contributed by atoms with Crippen molar-refractivity contribution in [1.29, 1.82) is 0 Å². The normalized spacial score (nSPS) is 22.8. The van der Waals surface area contributed by atoms with Crippen molar-refractivity contribution in [2.45, 2.75) is 32.4 Å². The molecule has 0 spiro atoms. The Hall–Kier alpha value is -2.28. The van der Waals surface area contributed by atoms with E-state index in [1.807, 2.05) is 13.8 Å². The van der Waals surface area contributed by atoms with Crippen LogP contribution in [0.4, 0.5) is 11.6 Å². The van der Waals surface area contributed by atoms with Gasteiger partial charge in [-0.15, -0.1) is 11.3 Å². The lowest BCUT2D eigenvalue weighted by Gasteiger charge is -2.57. The fourth-order valence-corrected chi connectivity index (χ4v) is 4.71. The SMILES string of the molecule is Cc1cc(N2CC3CC(C2)N3c2ncnc3sccc23)nc(C)n1. The molecule has 3 fully saturated rings. The second-order valence-electron chi connectivity index (χ2n) is 6.61. The second-order valence-corrected chi connectivity index (χ2v) is 7.50. The summed E-state index contributed by atoms with van der Waals surface area (Å²) in [5.41, 5.74) is 1.03. The van der Waals surface area contributed by atoms with Gasteiger partial charge in [-0.25, -0.2) is 19.9 Å². The van der Waals surface area contributed by atoms with Crippen LogP contribution >= 0.6 is 11.3 Å². The first kappa shape index (κ1) is 14.1. The van der Waals surface area contributed by atoms with Gasteiger partial charge in [-0.3, -0.25) is 0 Å². The van der Waals surface area contributed by atoms with Gasteiger partial charge in [0.2, 0.25) is 0 Å². The van der Waals surface area contributed by atoms with E-state index in [1.165, 1.54) is 11.8 Å². The highest BCUT2D eigenvalue weighted by Crippen LogP contribution is 2.40. The quantitative estimate of drug-likeness (QED) is 0.716. The van der Waals surface area contributed by atoms with Gasteiger partial charge in [-0.2, -0.15) is 0 Å². The van der Waals surface area contributed by atoms with Crippen LogP contribution in [0.15, 0.2) is 23.8 Å². The number of hydrogen-bond acceptors (Lipinski definition) is 7. The molecule has 0 aliphatic carbocycles. The van der Waals surface area contributed by atoms with Gasteiger partial charge in [0.15, 0.2) is 0 Å². The van der Waals surface area contributed by atoms with Crippen molar-refractivity contribution in [2.75, 3.05) is 22.9 Å². The highest BCUT2D eigenvalue weighted by Gasteiger charge is 2.46. The molecular weight excluding hydrogens is 320 g/mol. The Morgan fingerprint density at radius 3 is 2.75 bits per heavy atom. The predicted molar refractivity (Wildman–Crippen MR) is 95.8 cm³/mol. The monoisotopic (exact) mass is 338 g/mol. The van der Waals surface area contributed by atoms with Crippen molar-refractivity contribution in [1.82, 2.24) is 19.9 Å². The van der Waals surface area contributed by atoms with Crippen LogP contribution in [-0.4, -0.2) is 45.1 Å². The molecule has 0 aromatic carbocycles. The first-order chi connectivity index (χ1) is 11.7. The van der Waals surface area contributed by atoms with Crippen LogP contribution in [-0.2, 0) is 0 Å². The number of piperidine rings is 1. The lowest BCUT2D eigenvalue weighted by molar-refractivity contribution is 0.288. The van der Waals surface area contributed by atoms with Crippen molar-refractivity contribution in [2.24, 2.45) is 0 Å². The van der Waals surface area contributed by atoms with E-state index in [0.717, 1.165) is 41.1 Å². The molecule has 3 aliphatic heterocycles. The van der Waals surface area contributed by atoms with E-state index in [2.05, 4.69) is 47.2 Å². The van der Waals surface area contributed by atoms with E-state index in [9.17, 15) is 0 Å². The van der Waals surface area contributed by atoms with E-state index in [4.69, 9.17) is 0 Å². The largest absolute Gasteiger partial charge is 0.352 e. The van der Waals surface area contributed by atoms with E-state index in [-0.39, 0.29) is 0 Å².